The molecule has 2 aromatic carbocycles. The Morgan fingerprint density at radius 3 is 2.25 bits per heavy atom. The highest BCUT2D eigenvalue weighted by molar-refractivity contribution is 6.33. The maximum atomic E-state index is 12.3. The summed E-state index contributed by atoms with van der Waals surface area (Å²) in [7, 11) is 0. The second-order valence-corrected chi connectivity index (χ2v) is 10.3. The van der Waals surface area contributed by atoms with Gasteiger partial charge < -0.3 is 20.1 Å². The lowest BCUT2D eigenvalue weighted by atomic mass is 9.96. The fourth-order valence-electron chi connectivity index (χ4n) is 5.37. The van der Waals surface area contributed by atoms with E-state index in [1.165, 1.54) is 44.3 Å². The maximum Gasteiger partial charge on any atom is 0.309 e. The van der Waals surface area contributed by atoms with Crippen molar-refractivity contribution >= 4 is 29.2 Å². The quantitative estimate of drug-likeness (QED) is 0.572. The molecule has 8 heteroatoms. The molecular formula is C28H34ClN3O4. The molecule has 5 rings (SSSR count). The van der Waals surface area contributed by atoms with Crippen molar-refractivity contribution in [2.75, 3.05) is 31.5 Å². The zero-order valence-corrected chi connectivity index (χ0v) is 21.4. The molecular weight excluding hydrogens is 478 g/mol. The summed E-state index contributed by atoms with van der Waals surface area (Å²) in [5.74, 6) is -2.37. The monoisotopic (exact) mass is 511 g/mol. The van der Waals surface area contributed by atoms with Gasteiger partial charge in [0, 0.05) is 18.7 Å². The van der Waals surface area contributed by atoms with Crippen molar-refractivity contribution in [1.82, 2.24) is 10.2 Å². The van der Waals surface area contributed by atoms with E-state index in [2.05, 4.69) is 39.8 Å². The topological polar surface area (TPSA) is 79.9 Å². The zero-order chi connectivity index (χ0) is 25.0. The number of rotatable bonds is 5. The number of ether oxygens (including phenoxy) is 2. The predicted octanol–water partition coefficient (Wildman–Crippen LogP) is 4.51. The van der Waals surface area contributed by atoms with Gasteiger partial charge in [0.25, 0.3) is 5.79 Å². The first-order chi connectivity index (χ1) is 17.5. The van der Waals surface area contributed by atoms with Gasteiger partial charge in [-0.15, -0.1) is 0 Å². The van der Waals surface area contributed by atoms with Crippen molar-refractivity contribution in [3.63, 3.8) is 0 Å². The Hall–Kier alpha value is -2.61. The van der Waals surface area contributed by atoms with Crippen LogP contribution in [0.1, 0.15) is 60.8 Å². The maximum absolute atomic E-state index is 12.3. The average Bonchev–Trinajstić information content (AvgIpc) is 3.28. The summed E-state index contributed by atoms with van der Waals surface area (Å²) in [6.45, 7) is 4.81. The number of benzene rings is 2. The number of halogens is 1. The molecule has 0 bridgehead atoms. The van der Waals surface area contributed by atoms with Crippen molar-refractivity contribution in [3.05, 3.63) is 63.7 Å². The number of anilines is 1. The van der Waals surface area contributed by atoms with Gasteiger partial charge >= 0.3 is 11.9 Å². The van der Waals surface area contributed by atoms with Gasteiger partial charge in [-0.1, -0.05) is 48.7 Å². The van der Waals surface area contributed by atoms with Crippen LogP contribution < -0.4 is 10.6 Å². The van der Waals surface area contributed by atoms with Gasteiger partial charge in [0.2, 0.25) is 0 Å². The molecule has 2 aromatic rings. The highest BCUT2D eigenvalue weighted by atomic mass is 35.5. The standard InChI is InChI=1S/C28H34ClN3O4/c29-24-10-9-23-22(13-14-30-19-28(23)35-25(33)11-12-26(34)36-28)27(24)31-17-20-5-7-21(8-6-20)18-32-15-3-1-2-4-16-32/h5-10,30-31H,1-4,11-19H2. The molecule has 1 spiro atoms. The SMILES string of the molecule is O=C1CCC(=O)OC2(CNCCc3c2ccc(Cl)c3NCc2ccc(CN3CCCCCC3)cc2)O1. The third-order valence-corrected chi connectivity index (χ3v) is 7.58. The molecule has 3 heterocycles. The van der Waals surface area contributed by atoms with Crippen LogP contribution in [0.5, 0.6) is 0 Å². The van der Waals surface area contributed by atoms with Crippen LogP contribution in [0, 0.1) is 0 Å². The summed E-state index contributed by atoms with van der Waals surface area (Å²) in [5.41, 5.74) is 4.82. The highest BCUT2D eigenvalue weighted by Crippen LogP contribution is 2.40. The molecule has 0 radical (unpaired) electrons. The average molecular weight is 512 g/mol. The van der Waals surface area contributed by atoms with Crippen molar-refractivity contribution in [1.29, 1.82) is 0 Å². The lowest BCUT2D eigenvalue weighted by Crippen LogP contribution is -2.43. The van der Waals surface area contributed by atoms with E-state index in [0.29, 0.717) is 30.1 Å². The Balaban J connectivity index is 1.34. The molecule has 0 unspecified atom stereocenters. The number of esters is 2. The van der Waals surface area contributed by atoms with E-state index in [9.17, 15) is 9.59 Å². The van der Waals surface area contributed by atoms with Crippen LogP contribution >= 0.6 is 11.6 Å². The number of nitrogens with zero attached hydrogens (tertiary/aromatic N) is 1. The van der Waals surface area contributed by atoms with Gasteiger partial charge in [-0.25, -0.2) is 0 Å². The second kappa shape index (κ2) is 11.2. The van der Waals surface area contributed by atoms with Crippen LogP contribution in [0.2, 0.25) is 5.02 Å². The molecule has 7 nitrogen and oxygen atoms in total. The van der Waals surface area contributed by atoms with E-state index < -0.39 is 17.7 Å². The molecule has 2 N–H and O–H groups in total. The summed E-state index contributed by atoms with van der Waals surface area (Å²) in [5, 5.41) is 7.34. The van der Waals surface area contributed by atoms with Crippen LogP contribution in [-0.2, 0) is 44.4 Å². The molecule has 0 aliphatic carbocycles. The Morgan fingerprint density at radius 1 is 0.889 bits per heavy atom. The summed E-state index contributed by atoms with van der Waals surface area (Å²) < 4.78 is 11.5. The fourth-order valence-corrected chi connectivity index (χ4v) is 5.61. The first-order valence-electron chi connectivity index (χ1n) is 13.0. The van der Waals surface area contributed by atoms with Crippen LogP contribution in [0.3, 0.4) is 0 Å². The minimum absolute atomic E-state index is 0.0162. The summed E-state index contributed by atoms with van der Waals surface area (Å²) in [4.78, 5) is 27.2. The number of hydrogen-bond acceptors (Lipinski definition) is 7. The lowest BCUT2D eigenvalue weighted by molar-refractivity contribution is -0.225. The van der Waals surface area contributed by atoms with Crippen LogP contribution in [-0.4, -0.2) is 43.0 Å². The summed E-state index contributed by atoms with van der Waals surface area (Å²) in [6, 6.07) is 12.3. The smallest absolute Gasteiger partial charge is 0.309 e. The lowest BCUT2D eigenvalue weighted by Gasteiger charge is -2.32. The van der Waals surface area contributed by atoms with Crippen molar-refractivity contribution in [2.24, 2.45) is 0 Å². The van der Waals surface area contributed by atoms with Crippen LogP contribution in [0.25, 0.3) is 0 Å². The van der Waals surface area contributed by atoms with E-state index in [4.69, 9.17) is 21.1 Å². The number of carbonyl (C=O) groups excluding carboxylic acids is 2. The number of hydrogen-bond donors (Lipinski definition) is 2. The molecule has 0 aromatic heterocycles. The Bertz CT molecular complexity index is 1080. The van der Waals surface area contributed by atoms with Gasteiger partial charge in [-0.05, 0) is 67.7 Å². The first-order valence-corrected chi connectivity index (χ1v) is 13.4. The molecule has 0 atom stereocenters. The zero-order valence-electron chi connectivity index (χ0n) is 20.6. The minimum atomic E-state index is -1.48. The summed E-state index contributed by atoms with van der Waals surface area (Å²) in [6.07, 6.45) is 5.96. The Labute approximate surface area is 217 Å². The highest BCUT2D eigenvalue weighted by Gasteiger charge is 2.46. The van der Waals surface area contributed by atoms with E-state index in [1.54, 1.807) is 12.1 Å². The molecule has 2 fully saturated rings. The van der Waals surface area contributed by atoms with E-state index in [0.717, 1.165) is 23.4 Å². The van der Waals surface area contributed by atoms with Gasteiger partial charge in [0.1, 0.15) is 0 Å². The van der Waals surface area contributed by atoms with E-state index in [-0.39, 0.29) is 19.4 Å². The van der Waals surface area contributed by atoms with Crippen LogP contribution in [0.4, 0.5) is 5.69 Å². The molecule has 0 amide bonds. The second-order valence-electron chi connectivity index (χ2n) is 9.94. The van der Waals surface area contributed by atoms with Crippen molar-refractivity contribution in [2.45, 2.75) is 63.8 Å². The molecule has 192 valence electrons. The van der Waals surface area contributed by atoms with Gasteiger partial charge in [-0.3, -0.25) is 14.5 Å². The number of likely N-dealkylation sites (tertiary alicyclic amines) is 1. The number of fused-ring (bicyclic) bond motifs is 2. The third-order valence-electron chi connectivity index (χ3n) is 7.27. The molecule has 3 aliphatic rings. The minimum Gasteiger partial charge on any atom is -0.416 e. The van der Waals surface area contributed by atoms with Gasteiger partial charge in [0.15, 0.2) is 0 Å². The number of nitrogens with one attached hydrogen (secondary N) is 2. The Kier molecular flexibility index (Phi) is 7.79. The van der Waals surface area contributed by atoms with Crippen molar-refractivity contribution in [3.8, 4) is 0 Å². The molecule has 2 saturated heterocycles. The van der Waals surface area contributed by atoms with Gasteiger partial charge in [0.05, 0.1) is 30.1 Å². The normalized spacial score (nSPS) is 20.5. The fraction of sp³-hybridized carbons (Fsp3) is 0.500. The number of carbonyl (C=O) groups is 2. The molecule has 3 aliphatic heterocycles. The van der Waals surface area contributed by atoms with Gasteiger partial charge in [-0.2, -0.15) is 0 Å². The van der Waals surface area contributed by atoms with E-state index in [1.807, 2.05) is 0 Å². The third kappa shape index (κ3) is 5.69. The largest absolute Gasteiger partial charge is 0.416 e. The first kappa shape index (κ1) is 25.1. The summed E-state index contributed by atoms with van der Waals surface area (Å²) >= 11 is 6.64. The van der Waals surface area contributed by atoms with E-state index >= 15 is 0 Å². The van der Waals surface area contributed by atoms with Crippen molar-refractivity contribution < 1.29 is 19.1 Å². The molecule has 0 saturated carbocycles. The Morgan fingerprint density at radius 2 is 1.56 bits per heavy atom. The van der Waals surface area contributed by atoms with Crippen LogP contribution in [0.15, 0.2) is 36.4 Å². The predicted molar refractivity (Wildman–Crippen MR) is 139 cm³/mol. The molecule has 36 heavy (non-hydrogen) atoms.